The Labute approximate surface area is 220 Å². The van der Waals surface area contributed by atoms with Crippen LogP contribution in [0.1, 0.15) is 38.3 Å². The van der Waals surface area contributed by atoms with E-state index in [2.05, 4.69) is 11.7 Å². The fraction of sp³-hybridized carbons (Fsp3) is 0.321. The summed E-state index contributed by atoms with van der Waals surface area (Å²) in [4.78, 5) is 0. The van der Waals surface area contributed by atoms with Crippen LogP contribution in [0.5, 0.6) is 5.75 Å². The Kier molecular flexibility index (Phi) is 8.76. The Morgan fingerprint density at radius 2 is 1.92 bits per heavy atom. The summed E-state index contributed by atoms with van der Waals surface area (Å²) < 4.78 is 50.3. The molecule has 0 aliphatic carbocycles. The number of nitrogens with two attached hydrogens (primary N) is 1. The first-order chi connectivity index (χ1) is 17.4. The van der Waals surface area contributed by atoms with E-state index < -0.39 is 30.2 Å². The summed E-state index contributed by atoms with van der Waals surface area (Å²) >= 11 is 5.86. The first kappa shape index (κ1) is 28.3. The van der Waals surface area contributed by atoms with Crippen LogP contribution < -0.4 is 10.5 Å². The topological polar surface area (TPSA) is 71.1 Å². The molecule has 37 heavy (non-hydrogen) atoms. The minimum absolute atomic E-state index is 0.0493. The Balaban J connectivity index is 1.74. The smallest absolute Gasteiger partial charge is 0.174 e. The maximum absolute atomic E-state index is 15.6. The van der Waals surface area contributed by atoms with E-state index in [9.17, 15) is 9.50 Å². The molecule has 0 fully saturated rings. The average molecular weight is 534 g/mol. The molecule has 0 amide bonds. The first-order valence-corrected chi connectivity index (χ1v) is 12.1. The first-order valence-electron chi connectivity index (χ1n) is 11.8. The highest BCUT2D eigenvalue weighted by Crippen LogP contribution is 2.40. The Bertz CT molecular complexity index is 1230. The van der Waals surface area contributed by atoms with Crippen LogP contribution in [0.3, 0.4) is 0 Å². The maximum Gasteiger partial charge on any atom is 0.174 e. The van der Waals surface area contributed by atoms with Crippen LogP contribution in [0.15, 0.2) is 78.2 Å². The van der Waals surface area contributed by atoms with Crippen LogP contribution in [0.4, 0.5) is 13.2 Å². The van der Waals surface area contributed by atoms with Crippen molar-refractivity contribution in [3.63, 3.8) is 0 Å². The maximum atomic E-state index is 15.6. The summed E-state index contributed by atoms with van der Waals surface area (Å²) in [6, 6.07) is 10.4. The molecule has 3 N–H and O–H groups in total. The SMILES string of the molecule is C=C1C=C(c2cccc(OCCC(F)(CF)C(C)(O)c3ccc(Cl)cc3)c2F)C=CN1/N=C(/N)C(C)C. The molecule has 9 heteroatoms. The molecule has 0 aromatic heterocycles. The number of hydrogen-bond acceptors (Lipinski definition) is 4. The van der Waals surface area contributed by atoms with Gasteiger partial charge in [-0.1, -0.05) is 56.3 Å². The highest BCUT2D eigenvalue weighted by molar-refractivity contribution is 6.30. The summed E-state index contributed by atoms with van der Waals surface area (Å²) in [7, 11) is 0. The fourth-order valence-electron chi connectivity index (χ4n) is 3.69. The number of hydrogen-bond donors (Lipinski definition) is 2. The van der Waals surface area contributed by atoms with Crippen LogP contribution in [0, 0.1) is 11.7 Å². The molecular weight excluding hydrogens is 503 g/mol. The zero-order chi connectivity index (χ0) is 27.4. The summed E-state index contributed by atoms with van der Waals surface area (Å²) in [6.07, 6.45) is 4.41. The molecule has 2 aromatic rings. The van der Waals surface area contributed by atoms with Gasteiger partial charge in [-0.25, -0.2) is 18.2 Å². The molecule has 2 unspecified atom stereocenters. The van der Waals surface area contributed by atoms with Crippen molar-refractivity contribution < 1.29 is 23.0 Å². The molecular formula is C28H31ClF3N3O2. The second-order valence-corrected chi connectivity index (χ2v) is 9.76. The van der Waals surface area contributed by atoms with Crippen LogP contribution in [-0.2, 0) is 5.60 Å². The molecule has 0 bridgehead atoms. The minimum atomic E-state index is -2.68. The van der Waals surface area contributed by atoms with Crippen molar-refractivity contribution in [2.45, 2.75) is 38.5 Å². The predicted molar refractivity (Wildman–Crippen MR) is 142 cm³/mol. The monoisotopic (exact) mass is 533 g/mol. The number of allylic oxidation sites excluding steroid dienone is 3. The van der Waals surface area contributed by atoms with Gasteiger partial charge in [0.15, 0.2) is 17.2 Å². The van der Waals surface area contributed by atoms with Gasteiger partial charge in [0.05, 0.1) is 12.3 Å². The number of hydrazone groups is 1. The summed E-state index contributed by atoms with van der Waals surface area (Å²) in [5.41, 5.74) is 2.49. The lowest BCUT2D eigenvalue weighted by Gasteiger charge is -2.37. The Morgan fingerprint density at radius 1 is 1.24 bits per heavy atom. The van der Waals surface area contributed by atoms with Crippen molar-refractivity contribution in [2.75, 3.05) is 13.3 Å². The van der Waals surface area contributed by atoms with Gasteiger partial charge in [0.1, 0.15) is 18.1 Å². The number of benzene rings is 2. The minimum Gasteiger partial charge on any atom is -0.490 e. The van der Waals surface area contributed by atoms with E-state index in [0.29, 0.717) is 22.1 Å². The van der Waals surface area contributed by atoms with Gasteiger partial charge in [-0.05, 0) is 48.4 Å². The van der Waals surface area contributed by atoms with Gasteiger partial charge < -0.3 is 15.6 Å². The zero-order valence-electron chi connectivity index (χ0n) is 21.0. The van der Waals surface area contributed by atoms with Gasteiger partial charge in [0, 0.05) is 29.1 Å². The second-order valence-electron chi connectivity index (χ2n) is 9.33. The lowest BCUT2D eigenvalue weighted by atomic mass is 9.79. The number of ether oxygens (including phenoxy) is 1. The highest BCUT2D eigenvalue weighted by Gasteiger charge is 2.49. The summed E-state index contributed by atoms with van der Waals surface area (Å²) in [5.74, 6) is -0.321. The lowest BCUT2D eigenvalue weighted by Crippen LogP contribution is -2.49. The fourth-order valence-corrected chi connectivity index (χ4v) is 3.81. The molecule has 0 spiro atoms. The zero-order valence-corrected chi connectivity index (χ0v) is 21.8. The van der Waals surface area contributed by atoms with E-state index in [0.717, 1.165) is 0 Å². The van der Waals surface area contributed by atoms with Gasteiger partial charge in [0.2, 0.25) is 0 Å². The van der Waals surface area contributed by atoms with Crippen molar-refractivity contribution >= 4 is 23.0 Å². The number of alkyl halides is 2. The third kappa shape index (κ3) is 6.19. The van der Waals surface area contributed by atoms with Crippen LogP contribution >= 0.6 is 11.6 Å². The standard InChI is InChI=1S/C28H31ClF3N3O2/c1-18(2)26(33)34-35-14-12-20(16-19(35)3)23-6-5-7-24(25(23)31)37-15-13-28(32,17-30)27(4,36)21-8-10-22(29)11-9-21/h5-12,14,16,18,36H,3,13,15,17H2,1-2,4H3,(H2,33,34). The Hall–Kier alpha value is -3.23. The van der Waals surface area contributed by atoms with Gasteiger partial charge in [-0.3, -0.25) is 0 Å². The van der Waals surface area contributed by atoms with Crippen LogP contribution in [-0.4, -0.2) is 34.9 Å². The van der Waals surface area contributed by atoms with E-state index >= 15 is 8.78 Å². The van der Waals surface area contributed by atoms with Crippen molar-refractivity contribution in [2.24, 2.45) is 16.8 Å². The van der Waals surface area contributed by atoms with Gasteiger partial charge >= 0.3 is 0 Å². The van der Waals surface area contributed by atoms with E-state index in [4.69, 9.17) is 22.1 Å². The van der Waals surface area contributed by atoms with Crippen molar-refractivity contribution in [1.82, 2.24) is 5.01 Å². The summed E-state index contributed by atoms with van der Waals surface area (Å²) in [5, 5.41) is 17.0. The molecule has 5 nitrogen and oxygen atoms in total. The van der Waals surface area contributed by atoms with Crippen molar-refractivity contribution in [1.29, 1.82) is 0 Å². The molecule has 1 aliphatic heterocycles. The number of rotatable bonds is 10. The molecule has 0 saturated carbocycles. The largest absolute Gasteiger partial charge is 0.490 e. The van der Waals surface area contributed by atoms with E-state index in [1.165, 1.54) is 42.3 Å². The molecule has 198 valence electrons. The molecule has 1 heterocycles. The van der Waals surface area contributed by atoms with Gasteiger partial charge in [-0.2, -0.15) is 5.10 Å². The second kappa shape index (κ2) is 11.4. The quantitative estimate of drug-likeness (QED) is 0.270. The van der Waals surface area contributed by atoms with E-state index in [1.807, 2.05) is 13.8 Å². The normalized spacial score (nSPS) is 17.4. The molecule has 0 radical (unpaired) electrons. The van der Waals surface area contributed by atoms with Crippen LogP contribution in [0.25, 0.3) is 5.57 Å². The molecule has 0 saturated heterocycles. The van der Waals surface area contributed by atoms with E-state index in [-0.39, 0.29) is 29.4 Å². The molecule has 2 atom stereocenters. The van der Waals surface area contributed by atoms with Crippen molar-refractivity contribution in [3.05, 3.63) is 95.1 Å². The number of nitrogens with zero attached hydrogens (tertiary/aromatic N) is 2. The molecule has 2 aromatic carbocycles. The lowest BCUT2D eigenvalue weighted by molar-refractivity contribution is -0.116. The van der Waals surface area contributed by atoms with E-state index in [1.54, 1.807) is 30.5 Å². The van der Waals surface area contributed by atoms with Crippen molar-refractivity contribution in [3.8, 4) is 5.75 Å². The molecule has 1 aliphatic rings. The number of aliphatic hydroxyl groups is 1. The average Bonchev–Trinajstić information content (AvgIpc) is 2.86. The number of amidine groups is 1. The third-order valence-electron chi connectivity index (χ3n) is 6.35. The Morgan fingerprint density at radius 3 is 2.51 bits per heavy atom. The highest BCUT2D eigenvalue weighted by atomic mass is 35.5. The van der Waals surface area contributed by atoms with Gasteiger partial charge in [-0.15, -0.1) is 0 Å². The number of halogens is 4. The van der Waals surface area contributed by atoms with Crippen LogP contribution in [0.2, 0.25) is 5.02 Å². The third-order valence-corrected chi connectivity index (χ3v) is 6.60. The van der Waals surface area contributed by atoms with Gasteiger partial charge in [0.25, 0.3) is 0 Å². The summed E-state index contributed by atoms with van der Waals surface area (Å²) in [6.45, 7) is 7.13. The molecule has 3 rings (SSSR count). The predicted octanol–water partition coefficient (Wildman–Crippen LogP) is 6.49.